The third kappa shape index (κ3) is 14.0. The quantitative estimate of drug-likeness (QED) is 0.107. The lowest BCUT2D eigenvalue weighted by atomic mass is 9.95. The molecule has 620 valence electrons. The average Bonchev–Trinajstić information content (AvgIpc) is 1.56. The second-order valence-electron chi connectivity index (χ2n) is 33.8. The number of rotatable bonds is 14. The maximum absolute atomic E-state index is 10.9. The molecule has 20 aromatic carbocycles. The molecular formula is C125H75N9. The van der Waals surface area contributed by atoms with Crippen molar-refractivity contribution >= 4 is 87.2 Å². The summed E-state index contributed by atoms with van der Waals surface area (Å²) in [6, 6.07) is 170. The van der Waals surface area contributed by atoms with Crippen LogP contribution >= 0.6 is 0 Å². The molecule has 0 unspecified atom stereocenters. The topological polar surface area (TPSA) is 139 Å². The van der Waals surface area contributed by atoms with Crippen molar-refractivity contribution in [2.75, 3.05) is 0 Å². The molecule has 9 nitrogen and oxygen atoms in total. The molecule has 0 saturated carbocycles. The van der Waals surface area contributed by atoms with E-state index in [2.05, 4.69) is 364 Å². The number of fused-ring (bicyclic) bond motifs is 12. The van der Waals surface area contributed by atoms with Crippen molar-refractivity contribution in [3.63, 3.8) is 0 Å². The third-order valence-electron chi connectivity index (χ3n) is 26.3. The minimum Gasteiger partial charge on any atom is -0.309 e. The van der Waals surface area contributed by atoms with Crippen LogP contribution in [0.4, 0.5) is 0 Å². The summed E-state index contributed by atoms with van der Waals surface area (Å²) < 4.78 is 8.96. The van der Waals surface area contributed by atoms with Gasteiger partial charge in [-0.25, -0.2) is 0 Å². The van der Waals surface area contributed by atoms with E-state index in [0.29, 0.717) is 55.9 Å². The van der Waals surface area contributed by atoms with Crippen molar-refractivity contribution in [1.82, 2.24) is 18.3 Å². The number of nitriles is 5. The third-order valence-corrected chi connectivity index (χ3v) is 26.3. The van der Waals surface area contributed by atoms with Gasteiger partial charge >= 0.3 is 0 Å². The van der Waals surface area contributed by atoms with Gasteiger partial charge in [0.1, 0.15) is 12.1 Å². The smallest absolute Gasteiger partial charge is 0.101 e. The van der Waals surface area contributed by atoms with Crippen molar-refractivity contribution in [3.8, 4) is 164 Å². The van der Waals surface area contributed by atoms with Gasteiger partial charge in [-0.15, -0.1) is 0 Å². The van der Waals surface area contributed by atoms with Crippen LogP contribution in [0, 0.1) is 56.7 Å². The molecule has 0 atom stereocenters. The Bertz CT molecular complexity index is 8810. The van der Waals surface area contributed by atoms with Crippen LogP contribution in [0.1, 0.15) is 27.8 Å². The summed E-state index contributed by atoms with van der Waals surface area (Å²) in [4.78, 5) is 0. The second kappa shape index (κ2) is 33.7. The van der Waals surface area contributed by atoms with Gasteiger partial charge in [0, 0.05) is 71.2 Å². The molecule has 0 spiro atoms. The van der Waals surface area contributed by atoms with E-state index >= 15 is 0 Å². The highest BCUT2D eigenvalue weighted by molar-refractivity contribution is 6.16. The molecule has 0 aliphatic heterocycles. The molecule has 0 fully saturated rings. The second-order valence-corrected chi connectivity index (χ2v) is 33.8. The van der Waals surface area contributed by atoms with Crippen LogP contribution in [-0.2, 0) is 0 Å². The van der Waals surface area contributed by atoms with Crippen LogP contribution in [0.3, 0.4) is 0 Å². The fourth-order valence-corrected chi connectivity index (χ4v) is 19.8. The summed E-state index contributed by atoms with van der Waals surface area (Å²) in [5.74, 6) is 0. The van der Waals surface area contributed by atoms with Crippen LogP contribution in [-0.4, -0.2) is 18.3 Å². The summed E-state index contributed by atoms with van der Waals surface area (Å²) in [6.45, 7) is 0. The average molecular weight is 1700 g/mol. The maximum atomic E-state index is 10.9. The number of hydrogen-bond donors (Lipinski definition) is 0. The van der Waals surface area contributed by atoms with Gasteiger partial charge in [-0.05, 0) is 228 Å². The van der Waals surface area contributed by atoms with Gasteiger partial charge in [0.05, 0.1) is 102 Å². The van der Waals surface area contributed by atoms with E-state index in [-0.39, 0.29) is 0 Å². The van der Waals surface area contributed by atoms with Crippen LogP contribution in [0.5, 0.6) is 0 Å². The summed E-state index contributed by atoms with van der Waals surface area (Å²) in [7, 11) is 0. The highest BCUT2D eigenvalue weighted by Gasteiger charge is 2.26. The van der Waals surface area contributed by atoms with Crippen molar-refractivity contribution in [2.45, 2.75) is 0 Å². The highest BCUT2D eigenvalue weighted by atomic mass is 15.0. The lowest BCUT2D eigenvalue weighted by Gasteiger charge is -2.16. The normalized spacial score (nSPS) is 11.2. The zero-order valence-electron chi connectivity index (χ0n) is 72.3. The minimum atomic E-state index is 0.360. The molecule has 9 heteroatoms. The van der Waals surface area contributed by atoms with Crippen LogP contribution in [0.15, 0.2) is 455 Å². The maximum Gasteiger partial charge on any atom is 0.101 e. The molecule has 0 radical (unpaired) electrons. The molecule has 24 rings (SSSR count). The van der Waals surface area contributed by atoms with Gasteiger partial charge in [0.25, 0.3) is 0 Å². The van der Waals surface area contributed by atoms with Crippen molar-refractivity contribution in [3.05, 3.63) is 483 Å². The van der Waals surface area contributed by atoms with Gasteiger partial charge in [0.2, 0.25) is 0 Å². The predicted octanol–water partition coefficient (Wildman–Crippen LogP) is 31.8. The fraction of sp³-hybridized carbons (Fsp3) is 0. The zero-order valence-corrected chi connectivity index (χ0v) is 72.3. The number of benzene rings is 20. The Balaban J connectivity index is 0.000000151. The van der Waals surface area contributed by atoms with Crippen LogP contribution in [0.25, 0.3) is 221 Å². The predicted molar refractivity (Wildman–Crippen MR) is 548 cm³/mol. The Morgan fingerprint density at radius 1 is 0.134 bits per heavy atom. The first kappa shape index (κ1) is 79.7. The van der Waals surface area contributed by atoms with E-state index in [9.17, 15) is 26.3 Å². The molecule has 0 saturated heterocycles. The summed E-state index contributed by atoms with van der Waals surface area (Å²) >= 11 is 0. The summed E-state index contributed by atoms with van der Waals surface area (Å²) in [5.41, 5.74) is 33.9. The van der Waals surface area contributed by atoms with E-state index in [0.717, 1.165) is 193 Å². The monoisotopic (exact) mass is 1700 g/mol. The molecule has 0 aliphatic rings. The first-order valence-corrected chi connectivity index (χ1v) is 44.6. The van der Waals surface area contributed by atoms with Gasteiger partial charge in [0.15, 0.2) is 0 Å². The van der Waals surface area contributed by atoms with E-state index in [1.807, 2.05) is 133 Å². The van der Waals surface area contributed by atoms with E-state index < -0.39 is 0 Å². The van der Waals surface area contributed by atoms with Gasteiger partial charge < -0.3 is 18.3 Å². The fourth-order valence-electron chi connectivity index (χ4n) is 19.8. The Morgan fingerprint density at radius 3 is 0.657 bits per heavy atom. The molecule has 4 heterocycles. The Morgan fingerprint density at radius 2 is 0.373 bits per heavy atom. The molecule has 0 N–H and O–H groups in total. The lowest BCUT2D eigenvalue weighted by molar-refractivity contribution is 1.16. The lowest BCUT2D eigenvalue weighted by Crippen LogP contribution is -2.02. The first-order valence-electron chi connectivity index (χ1n) is 44.6. The van der Waals surface area contributed by atoms with Crippen molar-refractivity contribution in [2.24, 2.45) is 0 Å². The Labute approximate surface area is 773 Å². The van der Waals surface area contributed by atoms with E-state index in [1.54, 1.807) is 6.07 Å². The molecule has 0 amide bonds. The molecule has 0 aliphatic carbocycles. The van der Waals surface area contributed by atoms with Gasteiger partial charge in [-0.3, -0.25) is 0 Å². The minimum absolute atomic E-state index is 0.360. The van der Waals surface area contributed by atoms with Crippen molar-refractivity contribution < 1.29 is 0 Å². The Hall–Kier alpha value is -19.0. The van der Waals surface area contributed by atoms with Gasteiger partial charge in [-0.1, -0.05) is 322 Å². The number of nitrogens with zero attached hydrogens (tertiary/aromatic N) is 9. The summed E-state index contributed by atoms with van der Waals surface area (Å²) in [5, 5.41) is 62.8. The molecule has 24 aromatic rings. The molecular weight excluding hydrogens is 1630 g/mol. The van der Waals surface area contributed by atoms with Crippen molar-refractivity contribution in [1.29, 1.82) is 26.3 Å². The van der Waals surface area contributed by atoms with E-state index in [4.69, 9.17) is 0 Å². The first-order chi connectivity index (χ1) is 66.2. The van der Waals surface area contributed by atoms with E-state index in [1.165, 1.54) is 0 Å². The Kier molecular flexibility index (Phi) is 20.0. The molecule has 134 heavy (non-hydrogen) atoms. The van der Waals surface area contributed by atoms with Gasteiger partial charge in [-0.2, -0.15) is 26.3 Å². The number of aromatic nitrogens is 4. The molecule has 0 bridgehead atoms. The molecule has 4 aromatic heterocycles. The SMILES string of the molecule is N#Cc1cc(C#N)c(-n2c3ccc(-c4ccccc4)cc3c3ccc(-c4ccccc4)cc32)cc1-c1ccc(C#N)c(-n2c3ccc(-c4ccccc4)cc3c3ccc(-c4ccccc4)cc32)c1.N#Cc1ccc(-n2c3ccc(-c4ccccc4)cc3c3ccc(-c4ccccc4)cc32)cc1-c1cc(-n2c3ccc(-c4ccccc4)cc3c3ccc(-c4ccccc4)cc32)ccc1C#N. The standard InChI is InChI=1S/C63H37N5.C62H38N4/c64-38-50-22-21-49(36-60(50)67-58-29-25-45(41-13-5-1-6-14-41)32-56(58)53-27-23-47(34-62(53)67)43-17-9-3-10-18-43)55-37-61(52(40-66)31-51(55)39-65)68-59-30-26-46(42-15-7-2-8-16-42)33-57(59)54-28-24-48(35-63(54)68)44-19-11-4-12-20-44;63-39-49-21-27-51(65-59-31-25-45(41-13-5-1-6-14-41)33-57(59)53-29-23-47(35-61(53)65)43-17-9-3-10-18-43)37-55(49)56-38-52(28-22-50(56)40-64)66-60-32-26-46(42-15-7-2-8-16-42)34-58(60)54-30-24-48(36-62(54)66)44-19-11-4-12-20-44/h1-37H;1-38H. The van der Waals surface area contributed by atoms with Crippen LogP contribution in [0.2, 0.25) is 0 Å². The highest BCUT2D eigenvalue weighted by Crippen LogP contribution is 2.47. The zero-order chi connectivity index (χ0) is 89.9. The largest absolute Gasteiger partial charge is 0.309 e. The van der Waals surface area contributed by atoms with Crippen LogP contribution < -0.4 is 0 Å². The number of hydrogen-bond acceptors (Lipinski definition) is 5. The summed E-state index contributed by atoms with van der Waals surface area (Å²) in [6.07, 6.45) is 0.